The fraction of sp³-hybridized carbons (Fsp3) is 0.310. The lowest BCUT2D eigenvalue weighted by atomic mass is 10.0. The summed E-state index contributed by atoms with van der Waals surface area (Å²) in [5.74, 6) is 0.304. The summed E-state index contributed by atoms with van der Waals surface area (Å²) < 4.78 is 5.87. The number of para-hydroxylation sites is 1. The molecule has 0 unspecified atom stereocenters. The van der Waals surface area contributed by atoms with Gasteiger partial charge in [-0.05, 0) is 42.2 Å². The molecule has 0 saturated heterocycles. The van der Waals surface area contributed by atoms with E-state index in [1.807, 2.05) is 75.4 Å². The summed E-state index contributed by atoms with van der Waals surface area (Å²) in [5, 5.41) is 3.86. The number of aryl methyl sites for hydroxylation is 1. The van der Waals surface area contributed by atoms with Gasteiger partial charge in [0, 0.05) is 35.1 Å². The molecule has 2 amide bonds. The third kappa shape index (κ3) is 7.74. The Morgan fingerprint density at radius 1 is 0.917 bits per heavy atom. The van der Waals surface area contributed by atoms with Gasteiger partial charge in [-0.2, -0.15) is 0 Å². The zero-order valence-electron chi connectivity index (χ0n) is 20.8. The van der Waals surface area contributed by atoms with Crippen LogP contribution in [0.25, 0.3) is 0 Å². The number of benzene rings is 3. The second-order valence-corrected chi connectivity index (χ2v) is 9.93. The Balaban J connectivity index is 1.96. The Labute approximate surface area is 223 Å². The monoisotopic (exact) mass is 526 g/mol. The maximum absolute atomic E-state index is 13.7. The highest BCUT2D eigenvalue weighted by molar-refractivity contribution is 6.36. The molecule has 0 bridgehead atoms. The van der Waals surface area contributed by atoms with Crippen LogP contribution in [0.5, 0.6) is 5.75 Å². The highest BCUT2D eigenvalue weighted by atomic mass is 35.5. The van der Waals surface area contributed by atoms with Crippen LogP contribution in [-0.2, 0) is 22.6 Å². The Hall–Kier alpha value is -3.02. The molecule has 7 heteroatoms. The standard InChI is InChI=1S/C29H32Cl2N2O3/c1-20(2)17-32-29(35)26(16-22-11-5-4-6-12-22)33(18-23-24(30)13-9-14-25(23)31)28(34)19-36-27-15-8-7-10-21(27)3/h4-15,20,26H,16-19H2,1-3H3,(H,32,35)/t26-/m1/s1. The molecule has 0 radical (unpaired) electrons. The van der Waals surface area contributed by atoms with Crippen LogP contribution in [0.2, 0.25) is 10.0 Å². The molecule has 0 saturated carbocycles. The van der Waals surface area contributed by atoms with E-state index in [2.05, 4.69) is 5.32 Å². The lowest BCUT2D eigenvalue weighted by molar-refractivity contribution is -0.142. The van der Waals surface area contributed by atoms with Crippen molar-refractivity contribution < 1.29 is 14.3 Å². The predicted octanol–water partition coefficient (Wildman–Crippen LogP) is 6.09. The van der Waals surface area contributed by atoms with Crippen LogP contribution in [0.15, 0.2) is 72.8 Å². The van der Waals surface area contributed by atoms with Crippen LogP contribution < -0.4 is 10.1 Å². The van der Waals surface area contributed by atoms with Crippen LogP contribution in [0.3, 0.4) is 0 Å². The topological polar surface area (TPSA) is 58.6 Å². The van der Waals surface area contributed by atoms with Gasteiger partial charge in [0.1, 0.15) is 11.8 Å². The van der Waals surface area contributed by atoms with Gasteiger partial charge in [-0.25, -0.2) is 0 Å². The van der Waals surface area contributed by atoms with E-state index in [1.165, 1.54) is 4.90 Å². The minimum Gasteiger partial charge on any atom is -0.484 e. The molecule has 3 aromatic carbocycles. The van der Waals surface area contributed by atoms with E-state index in [0.717, 1.165) is 11.1 Å². The first kappa shape index (κ1) is 27.6. The molecule has 3 aromatic rings. The van der Waals surface area contributed by atoms with Gasteiger partial charge < -0.3 is 15.0 Å². The lowest BCUT2D eigenvalue weighted by Crippen LogP contribution is -2.52. The smallest absolute Gasteiger partial charge is 0.261 e. The third-order valence-electron chi connectivity index (χ3n) is 5.79. The molecule has 5 nitrogen and oxygen atoms in total. The number of amides is 2. The molecule has 0 spiro atoms. The molecule has 0 aliphatic carbocycles. The first-order chi connectivity index (χ1) is 17.3. The maximum Gasteiger partial charge on any atom is 0.261 e. The first-order valence-corrected chi connectivity index (χ1v) is 12.7. The van der Waals surface area contributed by atoms with Crippen molar-refractivity contribution in [3.8, 4) is 5.75 Å². The molecular formula is C29H32Cl2N2O3. The van der Waals surface area contributed by atoms with Gasteiger partial charge in [-0.15, -0.1) is 0 Å². The van der Waals surface area contributed by atoms with Gasteiger partial charge in [0.15, 0.2) is 6.61 Å². The van der Waals surface area contributed by atoms with Crippen LogP contribution >= 0.6 is 23.2 Å². The van der Waals surface area contributed by atoms with Crippen molar-refractivity contribution in [2.45, 2.75) is 39.8 Å². The minimum absolute atomic E-state index is 0.0705. The zero-order chi connectivity index (χ0) is 26.1. The molecule has 190 valence electrons. The van der Waals surface area contributed by atoms with Crippen molar-refractivity contribution in [1.29, 1.82) is 0 Å². The SMILES string of the molecule is Cc1ccccc1OCC(=O)N(Cc1c(Cl)cccc1Cl)[C@H](Cc1ccccc1)C(=O)NCC(C)C. The number of halogens is 2. The number of carbonyl (C=O) groups is 2. The summed E-state index contributed by atoms with van der Waals surface area (Å²) in [6.07, 6.45) is 0.336. The molecule has 0 aliphatic rings. The van der Waals surface area contributed by atoms with Crippen LogP contribution in [0.4, 0.5) is 0 Å². The zero-order valence-corrected chi connectivity index (χ0v) is 22.4. The molecule has 0 heterocycles. The number of nitrogens with zero attached hydrogens (tertiary/aromatic N) is 1. The number of hydrogen-bond acceptors (Lipinski definition) is 3. The average Bonchev–Trinajstić information content (AvgIpc) is 2.86. The molecule has 36 heavy (non-hydrogen) atoms. The second-order valence-electron chi connectivity index (χ2n) is 9.12. The van der Waals surface area contributed by atoms with Gasteiger partial charge in [0.2, 0.25) is 5.91 Å². The summed E-state index contributed by atoms with van der Waals surface area (Å²) in [5.41, 5.74) is 2.44. The second kappa shape index (κ2) is 13.3. The van der Waals surface area contributed by atoms with E-state index in [1.54, 1.807) is 18.2 Å². The number of rotatable bonds is 11. The van der Waals surface area contributed by atoms with Gasteiger partial charge in [0.05, 0.1) is 0 Å². The van der Waals surface area contributed by atoms with E-state index in [9.17, 15) is 9.59 Å². The lowest BCUT2D eigenvalue weighted by Gasteiger charge is -2.32. The molecule has 3 rings (SSSR count). The Bertz CT molecular complexity index is 1150. The maximum atomic E-state index is 13.7. The summed E-state index contributed by atoms with van der Waals surface area (Å²) in [6, 6.07) is 21.5. The minimum atomic E-state index is -0.786. The van der Waals surface area contributed by atoms with Crippen molar-refractivity contribution in [3.63, 3.8) is 0 Å². The van der Waals surface area contributed by atoms with Crippen LogP contribution in [0.1, 0.15) is 30.5 Å². The summed E-state index contributed by atoms with van der Waals surface area (Å²) >= 11 is 12.9. The quantitative estimate of drug-likeness (QED) is 0.328. The summed E-state index contributed by atoms with van der Waals surface area (Å²) in [7, 11) is 0. The summed E-state index contributed by atoms with van der Waals surface area (Å²) in [4.78, 5) is 28.7. The highest BCUT2D eigenvalue weighted by Crippen LogP contribution is 2.27. The van der Waals surface area contributed by atoms with Crippen molar-refractivity contribution in [2.75, 3.05) is 13.2 Å². The van der Waals surface area contributed by atoms with E-state index >= 15 is 0 Å². The molecule has 0 aliphatic heterocycles. The largest absolute Gasteiger partial charge is 0.484 e. The Morgan fingerprint density at radius 3 is 2.19 bits per heavy atom. The normalized spacial score (nSPS) is 11.7. The van der Waals surface area contributed by atoms with Crippen molar-refractivity contribution >= 4 is 35.0 Å². The number of hydrogen-bond donors (Lipinski definition) is 1. The van der Waals surface area contributed by atoms with Gasteiger partial charge in [-0.3, -0.25) is 9.59 Å². The predicted molar refractivity (Wildman–Crippen MR) is 145 cm³/mol. The first-order valence-electron chi connectivity index (χ1n) is 12.0. The van der Waals surface area contributed by atoms with Crippen LogP contribution in [-0.4, -0.2) is 35.9 Å². The van der Waals surface area contributed by atoms with Crippen molar-refractivity contribution in [3.05, 3.63) is 99.5 Å². The Kier molecular flexibility index (Phi) is 10.2. The molecule has 0 fully saturated rings. The molecule has 0 aromatic heterocycles. The molecular weight excluding hydrogens is 495 g/mol. The van der Waals surface area contributed by atoms with Gasteiger partial charge >= 0.3 is 0 Å². The average molecular weight is 527 g/mol. The van der Waals surface area contributed by atoms with Crippen molar-refractivity contribution in [1.82, 2.24) is 10.2 Å². The fourth-order valence-corrected chi connectivity index (χ4v) is 4.29. The number of nitrogens with one attached hydrogen (secondary N) is 1. The highest BCUT2D eigenvalue weighted by Gasteiger charge is 2.31. The summed E-state index contributed by atoms with van der Waals surface area (Å²) in [6.45, 7) is 6.30. The third-order valence-corrected chi connectivity index (χ3v) is 6.50. The fourth-order valence-electron chi connectivity index (χ4n) is 3.77. The van der Waals surface area contributed by atoms with Gasteiger partial charge in [0.25, 0.3) is 5.91 Å². The van der Waals surface area contributed by atoms with Gasteiger partial charge in [-0.1, -0.05) is 91.6 Å². The molecule has 1 N–H and O–H groups in total. The number of carbonyl (C=O) groups excluding carboxylic acids is 2. The van der Waals surface area contributed by atoms with Crippen molar-refractivity contribution in [2.24, 2.45) is 5.92 Å². The Morgan fingerprint density at radius 2 is 1.56 bits per heavy atom. The van der Waals surface area contributed by atoms with E-state index in [0.29, 0.717) is 34.3 Å². The number of ether oxygens (including phenoxy) is 1. The van der Waals surface area contributed by atoms with Crippen LogP contribution in [0, 0.1) is 12.8 Å². The van der Waals surface area contributed by atoms with E-state index < -0.39 is 6.04 Å². The van der Waals surface area contributed by atoms with E-state index in [-0.39, 0.29) is 30.9 Å². The van der Waals surface area contributed by atoms with E-state index in [4.69, 9.17) is 27.9 Å². The molecule has 1 atom stereocenters.